The van der Waals surface area contributed by atoms with Crippen molar-refractivity contribution in [1.82, 2.24) is 9.97 Å². The Kier molecular flexibility index (Phi) is 6.09. The molecule has 0 saturated carbocycles. The van der Waals surface area contributed by atoms with E-state index < -0.39 is 5.82 Å². The summed E-state index contributed by atoms with van der Waals surface area (Å²) in [4.78, 5) is 24.6. The third kappa shape index (κ3) is 3.74. The highest BCUT2D eigenvalue weighted by Gasteiger charge is 2.26. The van der Waals surface area contributed by atoms with Crippen molar-refractivity contribution in [2.75, 3.05) is 14.2 Å². The predicted molar refractivity (Wildman–Crippen MR) is 98.2 cm³/mol. The number of nitrogens with zero attached hydrogens (tertiary/aromatic N) is 3. The van der Waals surface area contributed by atoms with Crippen molar-refractivity contribution < 1.29 is 23.5 Å². The molecule has 0 aliphatic rings. The van der Waals surface area contributed by atoms with E-state index in [2.05, 4.69) is 15.1 Å². The SMILES string of the molecule is CO/N=C(\C(C)=O)c1c(C)c(C)c(C)c(C)c1Oc1ncnc(OC)c1F. The lowest BCUT2D eigenvalue weighted by Crippen LogP contribution is -2.17. The van der Waals surface area contributed by atoms with Gasteiger partial charge in [-0.05, 0) is 49.9 Å². The van der Waals surface area contributed by atoms with Crippen molar-refractivity contribution in [2.24, 2.45) is 5.16 Å². The molecule has 1 aromatic carbocycles. The molecule has 0 bridgehead atoms. The van der Waals surface area contributed by atoms with Crippen molar-refractivity contribution in [3.63, 3.8) is 0 Å². The molecule has 0 amide bonds. The van der Waals surface area contributed by atoms with E-state index in [0.29, 0.717) is 5.56 Å². The minimum atomic E-state index is -0.839. The second kappa shape index (κ2) is 8.11. The van der Waals surface area contributed by atoms with Crippen LogP contribution in [0.4, 0.5) is 4.39 Å². The molecule has 1 heterocycles. The highest BCUT2D eigenvalue weighted by molar-refractivity contribution is 6.46. The van der Waals surface area contributed by atoms with Gasteiger partial charge in [0.15, 0.2) is 11.5 Å². The molecule has 0 fully saturated rings. The molecule has 0 unspecified atom stereocenters. The van der Waals surface area contributed by atoms with E-state index in [9.17, 15) is 9.18 Å². The van der Waals surface area contributed by atoms with E-state index >= 15 is 0 Å². The molecular formula is C19H22FN3O4. The zero-order valence-corrected chi connectivity index (χ0v) is 16.4. The van der Waals surface area contributed by atoms with Gasteiger partial charge in [-0.1, -0.05) is 5.16 Å². The summed E-state index contributed by atoms with van der Waals surface area (Å²) in [5.74, 6) is -1.42. The average Bonchev–Trinajstić information content (AvgIpc) is 2.64. The number of halogens is 1. The number of carbonyl (C=O) groups excluding carboxylic acids is 1. The first-order chi connectivity index (χ1) is 12.7. The van der Waals surface area contributed by atoms with E-state index in [1.54, 1.807) is 0 Å². The third-order valence-corrected chi connectivity index (χ3v) is 4.50. The molecule has 0 saturated heterocycles. The summed E-state index contributed by atoms with van der Waals surface area (Å²) < 4.78 is 25.2. The molecule has 0 atom stereocenters. The van der Waals surface area contributed by atoms with Crippen molar-refractivity contribution >= 4 is 11.5 Å². The molecule has 0 radical (unpaired) electrons. The van der Waals surface area contributed by atoms with Crippen molar-refractivity contribution in [2.45, 2.75) is 34.6 Å². The Balaban J connectivity index is 2.79. The van der Waals surface area contributed by atoms with Crippen LogP contribution in [0, 0.1) is 33.5 Å². The van der Waals surface area contributed by atoms with Gasteiger partial charge in [0.2, 0.25) is 5.82 Å². The minimum absolute atomic E-state index is 0.0811. The Morgan fingerprint density at radius 1 is 1.00 bits per heavy atom. The largest absolute Gasteiger partial charge is 0.479 e. The first-order valence-corrected chi connectivity index (χ1v) is 8.19. The summed E-state index contributed by atoms with van der Waals surface area (Å²) in [5, 5.41) is 3.86. The Bertz CT molecular complexity index is 926. The number of ether oxygens (including phenoxy) is 2. The molecular weight excluding hydrogens is 353 g/mol. The number of methoxy groups -OCH3 is 1. The van der Waals surface area contributed by atoms with Gasteiger partial charge in [0.1, 0.15) is 19.2 Å². The van der Waals surface area contributed by atoms with E-state index in [-0.39, 0.29) is 29.0 Å². The number of hydrogen-bond acceptors (Lipinski definition) is 7. The van der Waals surface area contributed by atoms with Gasteiger partial charge in [0.05, 0.1) is 12.7 Å². The first-order valence-electron chi connectivity index (χ1n) is 8.19. The van der Waals surface area contributed by atoms with Crippen LogP contribution < -0.4 is 9.47 Å². The number of ketones is 1. The lowest BCUT2D eigenvalue weighted by atomic mass is 9.90. The standard InChI is InChI=1S/C19H22FN3O4/c1-9-10(2)12(4)17(14(11(9)3)16(13(5)24)23-26-7)27-19-15(20)18(25-6)21-8-22-19/h8H,1-7H3/b23-16+. The number of oxime groups is 1. The molecule has 0 spiro atoms. The zero-order valence-electron chi connectivity index (χ0n) is 16.4. The third-order valence-electron chi connectivity index (χ3n) is 4.50. The maximum atomic E-state index is 14.5. The van der Waals surface area contributed by atoms with E-state index in [0.717, 1.165) is 28.6 Å². The number of Topliss-reactive ketones (excluding diaryl/α,β-unsaturated/α-hetero) is 1. The van der Waals surface area contributed by atoms with Crippen LogP contribution in [0.15, 0.2) is 11.5 Å². The van der Waals surface area contributed by atoms with Gasteiger partial charge in [0, 0.05) is 6.92 Å². The van der Waals surface area contributed by atoms with Gasteiger partial charge < -0.3 is 14.3 Å². The fraction of sp³-hybridized carbons (Fsp3) is 0.368. The Labute approximate surface area is 157 Å². The van der Waals surface area contributed by atoms with Gasteiger partial charge in [-0.3, -0.25) is 4.79 Å². The summed E-state index contributed by atoms with van der Waals surface area (Å²) in [6.45, 7) is 8.90. The molecule has 2 rings (SSSR count). The average molecular weight is 375 g/mol. The summed E-state index contributed by atoms with van der Waals surface area (Å²) in [6.07, 6.45) is 1.13. The molecule has 27 heavy (non-hydrogen) atoms. The first kappa shape index (κ1) is 20.3. The van der Waals surface area contributed by atoms with Crippen molar-refractivity contribution in [3.8, 4) is 17.5 Å². The summed E-state index contributed by atoms with van der Waals surface area (Å²) in [5.41, 5.74) is 3.95. The molecule has 1 aromatic heterocycles. The second-order valence-electron chi connectivity index (χ2n) is 5.99. The van der Waals surface area contributed by atoms with Crippen LogP contribution in [0.2, 0.25) is 0 Å². The van der Waals surface area contributed by atoms with Gasteiger partial charge >= 0.3 is 0 Å². The van der Waals surface area contributed by atoms with E-state index in [4.69, 9.17) is 14.3 Å². The fourth-order valence-corrected chi connectivity index (χ4v) is 2.72. The number of aromatic nitrogens is 2. The van der Waals surface area contributed by atoms with Crippen LogP contribution >= 0.6 is 0 Å². The molecule has 7 nitrogen and oxygen atoms in total. The predicted octanol–water partition coefficient (Wildman–Crippen LogP) is 3.59. The number of carbonyl (C=O) groups is 1. The van der Waals surface area contributed by atoms with Gasteiger partial charge in [-0.15, -0.1) is 0 Å². The Hall–Kier alpha value is -3.03. The molecule has 8 heteroatoms. The molecule has 144 valence electrons. The zero-order chi connectivity index (χ0) is 20.3. The topological polar surface area (TPSA) is 82.9 Å². The van der Waals surface area contributed by atoms with Crippen LogP contribution in [0.25, 0.3) is 0 Å². The van der Waals surface area contributed by atoms with Crippen LogP contribution in [0.5, 0.6) is 17.5 Å². The summed E-state index contributed by atoms with van der Waals surface area (Å²) in [7, 11) is 2.65. The van der Waals surface area contributed by atoms with E-state index in [1.165, 1.54) is 21.1 Å². The Morgan fingerprint density at radius 3 is 2.15 bits per heavy atom. The van der Waals surface area contributed by atoms with E-state index in [1.807, 2.05) is 27.7 Å². The highest BCUT2D eigenvalue weighted by atomic mass is 19.1. The number of hydrogen-bond donors (Lipinski definition) is 0. The maximum Gasteiger partial charge on any atom is 0.263 e. The minimum Gasteiger partial charge on any atom is -0.479 e. The molecule has 0 aliphatic carbocycles. The van der Waals surface area contributed by atoms with Crippen molar-refractivity contribution in [1.29, 1.82) is 0 Å². The smallest absolute Gasteiger partial charge is 0.263 e. The van der Waals surface area contributed by atoms with Gasteiger partial charge in [0.25, 0.3) is 11.8 Å². The molecule has 0 aliphatic heterocycles. The lowest BCUT2D eigenvalue weighted by Gasteiger charge is -2.20. The molecule has 2 aromatic rings. The lowest BCUT2D eigenvalue weighted by molar-refractivity contribution is -0.111. The van der Waals surface area contributed by atoms with Gasteiger partial charge in [-0.2, -0.15) is 14.4 Å². The van der Waals surface area contributed by atoms with Crippen LogP contribution in [-0.2, 0) is 9.63 Å². The summed E-state index contributed by atoms with van der Waals surface area (Å²) >= 11 is 0. The monoisotopic (exact) mass is 375 g/mol. The highest BCUT2D eigenvalue weighted by Crippen LogP contribution is 2.37. The quantitative estimate of drug-likeness (QED) is 0.567. The number of benzene rings is 1. The fourth-order valence-electron chi connectivity index (χ4n) is 2.72. The van der Waals surface area contributed by atoms with Gasteiger partial charge in [-0.25, -0.2) is 0 Å². The normalized spacial score (nSPS) is 11.3. The van der Waals surface area contributed by atoms with Crippen LogP contribution in [-0.4, -0.2) is 35.7 Å². The molecule has 0 N–H and O–H groups in total. The second-order valence-corrected chi connectivity index (χ2v) is 5.99. The van der Waals surface area contributed by atoms with Crippen LogP contribution in [0.3, 0.4) is 0 Å². The van der Waals surface area contributed by atoms with Crippen molar-refractivity contribution in [3.05, 3.63) is 40.0 Å². The number of rotatable bonds is 6. The Morgan fingerprint density at radius 2 is 1.59 bits per heavy atom. The maximum absolute atomic E-state index is 14.5. The summed E-state index contributed by atoms with van der Waals surface area (Å²) in [6, 6.07) is 0. The van der Waals surface area contributed by atoms with Crippen LogP contribution in [0.1, 0.15) is 34.7 Å².